The van der Waals surface area contributed by atoms with E-state index < -0.39 is 0 Å². The average molecular weight is 277 g/mol. The van der Waals surface area contributed by atoms with Crippen molar-refractivity contribution in [2.24, 2.45) is 0 Å². The Bertz CT molecular complexity index is 580. The number of hydrogen-bond acceptors (Lipinski definition) is 4. The maximum Gasteiger partial charge on any atom is 0.243 e. The predicted octanol–water partition coefficient (Wildman–Crippen LogP) is 3.12. The first-order valence-corrected chi connectivity index (χ1v) is 6.75. The van der Waals surface area contributed by atoms with Crippen LogP contribution in [0.1, 0.15) is 42.2 Å². The van der Waals surface area contributed by atoms with Gasteiger partial charge in [-0.15, -0.1) is 0 Å². The number of benzene rings is 1. The van der Waals surface area contributed by atoms with Crippen LogP contribution in [-0.4, -0.2) is 29.1 Å². The molecule has 0 aliphatic rings. The molecule has 0 N–H and O–H groups in total. The lowest BCUT2D eigenvalue weighted by Gasteiger charge is -2.18. The van der Waals surface area contributed by atoms with E-state index in [0.717, 1.165) is 17.5 Å². The van der Waals surface area contributed by atoms with E-state index in [-0.39, 0.29) is 11.9 Å². The second kappa shape index (κ2) is 6.13. The summed E-state index contributed by atoms with van der Waals surface area (Å²) in [5.74, 6) is 1.04. The van der Waals surface area contributed by atoms with Gasteiger partial charge < -0.3 is 4.52 Å². The predicted molar refractivity (Wildman–Crippen MR) is 75.0 cm³/mol. The first kappa shape index (κ1) is 14.7. The lowest BCUT2D eigenvalue weighted by atomic mass is 10.1. The van der Waals surface area contributed by atoms with E-state index in [0.29, 0.717) is 18.1 Å². The molecule has 2 rings (SSSR count). The molecule has 5 heteroatoms. The first-order valence-electron chi connectivity index (χ1n) is 6.75. The zero-order valence-corrected chi connectivity index (χ0v) is 12.4. The third kappa shape index (κ3) is 3.22. The van der Waals surface area contributed by atoms with Gasteiger partial charge in [0.15, 0.2) is 5.82 Å². The summed E-state index contributed by atoms with van der Waals surface area (Å²) in [5.41, 5.74) is 1.91. The van der Waals surface area contributed by atoms with Crippen LogP contribution in [0.4, 0.5) is 4.39 Å². The molecule has 0 fully saturated rings. The number of rotatable bonds is 5. The fraction of sp³-hybridized carbons (Fsp3) is 0.467. The number of aromatic nitrogens is 2. The Hall–Kier alpha value is -1.75. The molecule has 0 aliphatic carbocycles. The molecule has 1 atom stereocenters. The quantitative estimate of drug-likeness (QED) is 0.842. The van der Waals surface area contributed by atoms with Crippen LogP contribution >= 0.6 is 0 Å². The summed E-state index contributed by atoms with van der Waals surface area (Å²) in [7, 11) is 3.98. The summed E-state index contributed by atoms with van der Waals surface area (Å²) >= 11 is 0. The van der Waals surface area contributed by atoms with Crippen molar-refractivity contribution >= 4 is 0 Å². The van der Waals surface area contributed by atoms with E-state index in [4.69, 9.17) is 4.52 Å². The van der Waals surface area contributed by atoms with Crippen LogP contribution in [0.3, 0.4) is 0 Å². The largest absolute Gasteiger partial charge is 0.338 e. The van der Waals surface area contributed by atoms with Gasteiger partial charge in [-0.25, -0.2) is 4.39 Å². The molecule has 1 unspecified atom stereocenters. The van der Waals surface area contributed by atoms with Gasteiger partial charge in [0, 0.05) is 6.42 Å². The van der Waals surface area contributed by atoms with Crippen molar-refractivity contribution in [1.82, 2.24) is 15.0 Å². The standard InChI is InChI=1S/C15H20FN3O/c1-5-13(19(3)4)15-17-14(18-20-15)9-11-6-7-12(16)8-10(11)2/h6-8,13H,5,9H2,1-4H3. The van der Waals surface area contributed by atoms with Crippen LogP contribution in [0.5, 0.6) is 0 Å². The van der Waals surface area contributed by atoms with E-state index >= 15 is 0 Å². The molecule has 0 aliphatic heterocycles. The van der Waals surface area contributed by atoms with Gasteiger partial charge in [-0.3, -0.25) is 4.90 Å². The van der Waals surface area contributed by atoms with Crippen molar-refractivity contribution in [3.8, 4) is 0 Å². The number of nitrogens with zero attached hydrogens (tertiary/aromatic N) is 3. The molecule has 0 saturated heterocycles. The number of halogens is 1. The molecule has 1 aromatic heterocycles. The fourth-order valence-electron chi connectivity index (χ4n) is 2.26. The van der Waals surface area contributed by atoms with E-state index in [9.17, 15) is 4.39 Å². The van der Waals surface area contributed by atoms with Gasteiger partial charge in [-0.1, -0.05) is 18.1 Å². The van der Waals surface area contributed by atoms with Crippen LogP contribution in [0.25, 0.3) is 0 Å². The summed E-state index contributed by atoms with van der Waals surface area (Å²) < 4.78 is 18.4. The Morgan fingerprint density at radius 1 is 1.35 bits per heavy atom. The minimum absolute atomic E-state index is 0.130. The monoisotopic (exact) mass is 277 g/mol. The van der Waals surface area contributed by atoms with Crippen LogP contribution < -0.4 is 0 Å². The lowest BCUT2D eigenvalue weighted by molar-refractivity contribution is 0.224. The van der Waals surface area contributed by atoms with Crippen molar-refractivity contribution in [3.63, 3.8) is 0 Å². The van der Waals surface area contributed by atoms with Crippen molar-refractivity contribution in [3.05, 3.63) is 46.9 Å². The molecule has 0 spiro atoms. The zero-order valence-electron chi connectivity index (χ0n) is 12.4. The van der Waals surface area contributed by atoms with Gasteiger partial charge in [0.05, 0.1) is 6.04 Å². The highest BCUT2D eigenvalue weighted by Crippen LogP contribution is 2.21. The van der Waals surface area contributed by atoms with Crippen molar-refractivity contribution in [1.29, 1.82) is 0 Å². The Kier molecular flexibility index (Phi) is 4.49. The van der Waals surface area contributed by atoms with Crippen LogP contribution in [0.2, 0.25) is 0 Å². The molecule has 0 radical (unpaired) electrons. The minimum atomic E-state index is -0.223. The molecule has 1 heterocycles. The van der Waals surface area contributed by atoms with Crippen LogP contribution in [0.15, 0.2) is 22.7 Å². The van der Waals surface area contributed by atoms with Gasteiger partial charge >= 0.3 is 0 Å². The summed E-state index contributed by atoms with van der Waals surface area (Å²) in [6.45, 7) is 3.97. The molecule has 0 amide bonds. The molecule has 1 aromatic carbocycles. The van der Waals surface area contributed by atoms with Gasteiger partial charge in [0.1, 0.15) is 5.82 Å². The molecule has 0 saturated carbocycles. The molecular formula is C15H20FN3O. The lowest BCUT2D eigenvalue weighted by Crippen LogP contribution is -2.19. The van der Waals surface area contributed by atoms with Gasteiger partial charge in [-0.05, 0) is 50.7 Å². The second-order valence-corrected chi connectivity index (χ2v) is 5.18. The summed E-state index contributed by atoms with van der Waals surface area (Å²) in [6.07, 6.45) is 1.46. The first-order chi connectivity index (χ1) is 9.51. The van der Waals surface area contributed by atoms with E-state index in [1.54, 1.807) is 6.07 Å². The Labute approximate surface area is 118 Å². The fourth-order valence-corrected chi connectivity index (χ4v) is 2.26. The highest BCUT2D eigenvalue weighted by molar-refractivity contribution is 5.28. The second-order valence-electron chi connectivity index (χ2n) is 5.18. The third-order valence-electron chi connectivity index (χ3n) is 3.43. The van der Waals surface area contributed by atoms with E-state index in [1.165, 1.54) is 12.1 Å². The molecule has 0 bridgehead atoms. The molecule has 20 heavy (non-hydrogen) atoms. The number of aryl methyl sites for hydroxylation is 1. The molecule has 108 valence electrons. The smallest absolute Gasteiger partial charge is 0.243 e. The highest BCUT2D eigenvalue weighted by atomic mass is 19.1. The Balaban J connectivity index is 2.17. The van der Waals surface area contributed by atoms with E-state index in [2.05, 4.69) is 22.0 Å². The minimum Gasteiger partial charge on any atom is -0.338 e. The Morgan fingerprint density at radius 2 is 2.10 bits per heavy atom. The van der Waals surface area contributed by atoms with Crippen molar-refractivity contribution < 1.29 is 8.91 Å². The van der Waals surface area contributed by atoms with E-state index in [1.807, 2.05) is 21.0 Å². The van der Waals surface area contributed by atoms with Crippen LogP contribution in [0, 0.1) is 12.7 Å². The summed E-state index contributed by atoms with van der Waals surface area (Å²) in [4.78, 5) is 6.50. The maximum absolute atomic E-state index is 13.1. The summed E-state index contributed by atoms with van der Waals surface area (Å²) in [6, 6.07) is 4.87. The van der Waals surface area contributed by atoms with Crippen LogP contribution in [-0.2, 0) is 6.42 Å². The summed E-state index contributed by atoms with van der Waals surface area (Å²) in [5, 5.41) is 4.02. The SMILES string of the molecule is CCC(c1nc(Cc2ccc(F)cc2C)no1)N(C)C. The maximum atomic E-state index is 13.1. The van der Waals surface area contributed by atoms with Crippen molar-refractivity contribution in [2.45, 2.75) is 32.7 Å². The van der Waals surface area contributed by atoms with Crippen molar-refractivity contribution in [2.75, 3.05) is 14.1 Å². The Morgan fingerprint density at radius 3 is 2.70 bits per heavy atom. The number of hydrogen-bond donors (Lipinski definition) is 0. The topological polar surface area (TPSA) is 42.2 Å². The molecule has 2 aromatic rings. The van der Waals surface area contributed by atoms with Gasteiger partial charge in [0.2, 0.25) is 5.89 Å². The third-order valence-corrected chi connectivity index (χ3v) is 3.43. The van der Waals surface area contributed by atoms with Gasteiger partial charge in [-0.2, -0.15) is 4.98 Å². The average Bonchev–Trinajstić information content (AvgIpc) is 2.81. The normalized spacial score (nSPS) is 12.9. The zero-order chi connectivity index (χ0) is 14.7. The molecular weight excluding hydrogens is 257 g/mol. The van der Waals surface area contributed by atoms with Gasteiger partial charge in [0.25, 0.3) is 0 Å². The molecule has 4 nitrogen and oxygen atoms in total. The highest BCUT2D eigenvalue weighted by Gasteiger charge is 2.19.